The molecule has 0 bridgehead atoms. The van der Waals surface area contributed by atoms with E-state index in [4.69, 9.17) is 11.6 Å². The maximum atomic E-state index is 13.1. The van der Waals surface area contributed by atoms with Crippen molar-refractivity contribution >= 4 is 11.6 Å². The van der Waals surface area contributed by atoms with Crippen LogP contribution in [0.2, 0.25) is 5.02 Å². The Hall–Kier alpha value is -1.45. The van der Waals surface area contributed by atoms with Gasteiger partial charge in [-0.2, -0.15) is 0 Å². The quantitative estimate of drug-likeness (QED) is 0.871. The Morgan fingerprint density at radius 1 is 1.25 bits per heavy atom. The summed E-state index contributed by atoms with van der Waals surface area (Å²) in [6.45, 7) is 0. The lowest BCUT2D eigenvalue weighted by atomic mass is 10.1. The van der Waals surface area contributed by atoms with Gasteiger partial charge in [0, 0.05) is 11.2 Å². The molecular formula is C12H9ClFNO. The Labute approximate surface area is 97.3 Å². The van der Waals surface area contributed by atoms with E-state index in [-0.39, 0.29) is 5.02 Å². The zero-order valence-electron chi connectivity index (χ0n) is 8.27. The SMILES string of the molecule is OC(c1cc(F)cc(Cl)c1)c1ccccn1. The zero-order valence-corrected chi connectivity index (χ0v) is 9.03. The minimum Gasteiger partial charge on any atom is -0.382 e. The minimum absolute atomic E-state index is 0.255. The van der Waals surface area contributed by atoms with E-state index in [1.807, 2.05) is 0 Å². The molecule has 2 rings (SSSR count). The first-order chi connectivity index (χ1) is 7.66. The van der Waals surface area contributed by atoms with Crippen molar-refractivity contribution in [3.63, 3.8) is 0 Å². The smallest absolute Gasteiger partial charge is 0.125 e. The van der Waals surface area contributed by atoms with E-state index >= 15 is 0 Å². The highest BCUT2D eigenvalue weighted by atomic mass is 35.5. The third-order valence-electron chi connectivity index (χ3n) is 2.17. The fraction of sp³-hybridized carbons (Fsp3) is 0.0833. The third-order valence-corrected chi connectivity index (χ3v) is 2.39. The summed E-state index contributed by atoms with van der Waals surface area (Å²) in [5, 5.41) is 10.2. The van der Waals surface area contributed by atoms with E-state index in [1.165, 1.54) is 18.2 Å². The van der Waals surface area contributed by atoms with Gasteiger partial charge in [-0.1, -0.05) is 17.7 Å². The lowest BCUT2D eigenvalue weighted by Gasteiger charge is -2.10. The second-order valence-electron chi connectivity index (χ2n) is 3.36. The van der Waals surface area contributed by atoms with Crippen LogP contribution in [-0.2, 0) is 0 Å². The molecular weight excluding hydrogens is 229 g/mol. The van der Waals surface area contributed by atoms with Crippen molar-refractivity contribution in [2.75, 3.05) is 0 Å². The van der Waals surface area contributed by atoms with E-state index in [0.29, 0.717) is 11.3 Å². The van der Waals surface area contributed by atoms with Crippen molar-refractivity contribution in [3.05, 3.63) is 64.7 Å². The average molecular weight is 238 g/mol. The fourth-order valence-corrected chi connectivity index (χ4v) is 1.67. The molecule has 1 aromatic heterocycles. The average Bonchev–Trinajstić information content (AvgIpc) is 2.28. The van der Waals surface area contributed by atoms with Gasteiger partial charge in [0.05, 0.1) is 5.69 Å². The Balaban J connectivity index is 2.37. The molecule has 0 saturated heterocycles. The van der Waals surface area contributed by atoms with Gasteiger partial charge in [-0.05, 0) is 35.9 Å². The van der Waals surface area contributed by atoms with Crippen molar-refractivity contribution < 1.29 is 9.50 Å². The monoisotopic (exact) mass is 237 g/mol. The summed E-state index contributed by atoms with van der Waals surface area (Å²) in [7, 11) is 0. The molecule has 0 aliphatic heterocycles. The van der Waals surface area contributed by atoms with Crippen molar-refractivity contribution in [1.82, 2.24) is 4.98 Å². The highest BCUT2D eigenvalue weighted by Crippen LogP contribution is 2.23. The normalized spacial score (nSPS) is 12.4. The molecule has 0 amide bonds. The number of aromatic nitrogens is 1. The summed E-state index contributed by atoms with van der Waals surface area (Å²) in [6, 6.07) is 9.12. The van der Waals surface area contributed by atoms with Gasteiger partial charge in [0.25, 0.3) is 0 Å². The molecule has 0 fully saturated rings. The predicted octanol–water partition coefficient (Wildman–Crippen LogP) is 2.96. The lowest BCUT2D eigenvalue weighted by molar-refractivity contribution is 0.215. The topological polar surface area (TPSA) is 33.1 Å². The fourth-order valence-electron chi connectivity index (χ4n) is 1.44. The van der Waals surface area contributed by atoms with Crippen LogP contribution in [0.25, 0.3) is 0 Å². The summed E-state index contributed by atoms with van der Waals surface area (Å²) in [6.07, 6.45) is 0.605. The molecule has 16 heavy (non-hydrogen) atoms. The van der Waals surface area contributed by atoms with Crippen molar-refractivity contribution in [2.24, 2.45) is 0 Å². The molecule has 0 radical (unpaired) electrons. The van der Waals surface area contributed by atoms with Crippen LogP contribution in [-0.4, -0.2) is 10.1 Å². The Kier molecular flexibility index (Phi) is 3.17. The van der Waals surface area contributed by atoms with Crippen LogP contribution in [0.5, 0.6) is 0 Å². The predicted molar refractivity (Wildman–Crippen MR) is 59.7 cm³/mol. The Morgan fingerprint density at radius 3 is 2.69 bits per heavy atom. The van der Waals surface area contributed by atoms with Crippen LogP contribution < -0.4 is 0 Å². The largest absolute Gasteiger partial charge is 0.382 e. The molecule has 1 N–H and O–H groups in total. The molecule has 2 aromatic rings. The number of pyridine rings is 1. The molecule has 0 aliphatic rings. The molecule has 0 spiro atoms. The van der Waals surface area contributed by atoms with Gasteiger partial charge in [0.15, 0.2) is 0 Å². The second-order valence-corrected chi connectivity index (χ2v) is 3.80. The molecule has 1 heterocycles. The van der Waals surface area contributed by atoms with Gasteiger partial charge < -0.3 is 5.11 Å². The number of nitrogens with zero attached hydrogens (tertiary/aromatic N) is 1. The number of hydrogen-bond donors (Lipinski definition) is 1. The highest BCUT2D eigenvalue weighted by Gasteiger charge is 2.12. The van der Waals surface area contributed by atoms with Gasteiger partial charge in [0.1, 0.15) is 11.9 Å². The summed E-state index contributed by atoms with van der Waals surface area (Å²) in [5.74, 6) is -0.475. The Morgan fingerprint density at radius 2 is 2.06 bits per heavy atom. The summed E-state index contributed by atoms with van der Waals surface area (Å²) in [5.41, 5.74) is 0.855. The van der Waals surface area contributed by atoms with Crippen molar-refractivity contribution in [3.8, 4) is 0 Å². The highest BCUT2D eigenvalue weighted by molar-refractivity contribution is 6.30. The first-order valence-electron chi connectivity index (χ1n) is 4.72. The number of rotatable bonds is 2. The lowest BCUT2D eigenvalue weighted by Crippen LogP contribution is -2.02. The van der Waals surface area contributed by atoms with Crippen LogP contribution in [0.1, 0.15) is 17.4 Å². The standard InChI is InChI=1S/C12H9ClFNO/c13-9-5-8(6-10(14)7-9)12(16)11-3-1-2-4-15-11/h1-7,12,16H. The van der Waals surface area contributed by atoms with Gasteiger partial charge >= 0.3 is 0 Å². The molecule has 82 valence electrons. The van der Waals surface area contributed by atoms with Crippen LogP contribution >= 0.6 is 11.6 Å². The minimum atomic E-state index is -0.964. The molecule has 2 nitrogen and oxygen atoms in total. The molecule has 1 atom stereocenters. The first-order valence-corrected chi connectivity index (χ1v) is 5.09. The van der Waals surface area contributed by atoms with Gasteiger partial charge in [0.2, 0.25) is 0 Å². The second kappa shape index (κ2) is 4.60. The number of benzene rings is 1. The van der Waals surface area contributed by atoms with E-state index in [1.54, 1.807) is 24.4 Å². The number of aliphatic hydroxyl groups excluding tert-OH is 1. The van der Waals surface area contributed by atoms with Crippen molar-refractivity contribution in [1.29, 1.82) is 0 Å². The first kappa shape index (κ1) is 11.0. The maximum Gasteiger partial charge on any atom is 0.125 e. The van der Waals surface area contributed by atoms with Crippen LogP contribution in [0.15, 0.2) is 42.6 Å². The van der Waals surface area contributed by atoms with Crippen LogP contribution in [0.3, 0.4) is 0 Å². The maximum absolute atomic E-state index is 13.1. The summed E-state index contributed by atoms with van der Waals surface area (Å²) < 4.78 is 13.1. The molecule has 0 aliphatic carbocycles. The summed E-state index contributed by atoms with van der Waals surface area (Å²) >= 11 is 5.71. The van der Waals surface area contributed by atoms with Crippen LogP contribution in [0.4, 0.5) is 4.39 Å². The number of aliphatic hydroxyl groups is 1. The Bertz CT molecular complexity index is 469. The van der Waals surface area contributed by atoms with Crippen molar-refractivity contribution in [2.45, 2.75) is 6.10 Å². The number of halogens is 2. The number of hydrogen-bond acceptors (Lipinski definition) is 2. The summed E-state index contributed by atoms with van der Waals surface area (Å²) in [4.78, 5) is 4.00. The van der Waals surface area contributed by atoms with E-state index in [9.17, 15) is 9.50 Å². The van der Waals surface area contributed by atoms with Gasteiger partial charge in [-0.25, -0.2) is 4.39 Å². The molecule has 4 heteroatoms. The van der Waals surface area contributed by atoms with E-state index in [0.717, 1.165) is 0 Å². The van der Waals surface area contributed by atoms with Gasteiger partial charge in [-0.15, -0.1) is 0 Å². The van der Waals surface area contributed by atoms with E-state index in [2.05, 4.69) is 4.98 Å². The van der Waals surface area contributed by atoms with Crippen LogP contribution in [0, 0.1) is 5.82 Å². The molecule has 0 saturated carbocycles. The van der Waals surface area contributed by atoms with Gasteiger partial charge in [-0.3, -0.25) is 4.98 Å². The zero-order chi connectivity index (χ0) is 11.5. The third kappa shape index (κ3) is 2.38. The molecule has 1 aromatic carbocycles. The molecule has 1 unspecified atom stereocenters. The van der Waals surface area contributed by atoms with E-state index < -0.39 is 11.9 Å².